The van der Waals surface area contributed by atoms with Gasteiger partial charge in [-0.1, -0.05) is 0 Å². The third-order valence-electron chi connectivity index (χ3n) is 1.93. The first kappa shape index (κ1) is 8.92. The monoisotopic (exact) mass is 190 g/mol. The van der Waals surface area contributed by atoms with Crippen molar-refractivity contribution < 1.29 is 10.0 Å². The molecule has 0 amide bonds. The van der Waals surface area contributed by atoms with E-state index in [-0.39, 0.29) is 11.0 Å². The molecule has 2 aromatic heterocycles. The molecular formula is C8H7BN2O3. The normalized spacial score (nSPS) is 10.4. The molecule has 14 heavy (non-hydrogen) atoms. The zero-order chi connectivity index (χ0) is 10.1. The smallest absolute Gasteiger partial charge is 0.422 e. The molecule has 0 spiro atoms. The first-order valence-corrected chi connectivity index (χ1v) is 4.02. The highest BCUT2D eigenvalue weighted by Crippen LogP contribution is 2.00. The summed E-state index contributed by atoms with van der Waals surface area (Å²) >= 11 is 0. The van der Waals surface area contributed by atoms with Gasteiger partial charge in [0.05, 0.1) is 16.5 Å². The fourth-order valence-electron chi connectivity index (χ4n) is 1.23. The van der Waals surface area contributed by atoms with Gasteiger partial charge in [0, 0.05) is 18.5 Å². The van der Waals surface area contributed by atoms with Crippen molar-refractivity contribution in [2.75, 3.05) is 0 Å². The molecule has 6 heteroatoms. The Bertz CT molecular complexity index is 523. The van der Waals surface area contributed by atoms with Crippen molar-refractivity contribution in [3.63, 3.8) is 0 Å². The molecule has 3 N–H and O–H groups in total. The van der Waals surface area contributed by atoms with E-state index < -0.39 is 7.12 Å². The predicted octanol–water partition coefficient (Wildman–Crippen LogP) is -1.40. The van der Waals surface area contributed by atoms with E-state index in [9.17, 15) is 4.79 Å². The van der Waals surface area contributed by atoms with Gasteiger partial charge >= 0.3 is 7.12 Å². The number of rotatable bonds is 1. The fourth-order valence-corrected chi connectivity index (χ4v) is 1.23. The molecule has 2 rings (SSSR count). The van der Waals surface area contributed by atoms with Crippen molar-refractivity contribution in [3.8, 4) is 0 Å². The van der Waals surface area contributed by atoms with Crippen molar-refractivity contribution >= 4 is 23.6 Å². The second kappa shape index (κ2) is 3.24. The van der Waals surface area contributed by atoms with Crippen molar-refractivity contribution in [1.82, 2.24) is 9.97 Å². The molecule has 0 aliphatic rings. The first-order chi connectivity index (χ1) is 6.68. The highest BCUT2D eigenvalue weighted by atomic mass is 16.4. The number of fused-ring (bicyclic) bond motifs is 1. The molecule has 0 atom stereocenters. The highest BCUT2D eigenvalue weighted by Gasteiger charge is 2.13. The summed E-state index contributed by atoms with van der Waals surface area (Å²) in [5.41, 5.74) is 0.500. The summed E-state index contributed by atoms with van der Waals surface area (Å²) in [7, 11) is -1.62. The third kappa shape index (κ3) is 1.41. The molecule has 0 aliphatic heterocycles. The lowest BCUT2D eigenvalue weighted by molar-refractivity contribution is 0.424. The Hall–Kier alpha value is -1.66. The Morgan fingerprint density at radius 3 is 2.93 bits per heavy atom. The van der Waals surface area contributed by atoms with E-state index >= 15 is 0 Å². The van der Waals surface area contributed by atoms with E-state index in [4.69, 9.17) is 10.0 Å². The van der Waals surface area contributed by atoms with Crippen LogP contribution in [0.15, 0.2) is 29.3 Å². The molecule has 0 unspecified atom stereocenters. The second-order valence-electron chi connectivity index (χ2n) is 2.87. The van der Waals surface area contributed by atoms with Gasteiger partial charge in [-0.2, -0.15) is 0 Å². The minimum absolute atomic E-state index is 0.111. The van der Waals surface area contributed by atoms with Gasteiger partial charge in [0.2, 0.25) is 0 Å². The molecule has 0 bridgehead atoms. The van der Waals surface area contributed by atoms with E-state index in [1.54, 1.807) is 0 Å². The van der Waals surface area contributed by atoms with Crippen LogP contribution in [0.5, 0.6) is 0 Å². The van der Waals surface area contributed by atoms with Crippen LogP contribution in [0.4, 0.5) is 0 Å². The van der Waals surface area contributed by atoms with Gasteiger partial charge in [-0.05, 0) is 6.07 Å². The Morgan fingerprint density at radius 1 is 1.43 bits per heavy atom. The third-order valence-corrected chi connectivity index (χ3v) is 1.93. The van der Waals surface area contributed by atoms with Crippen LogP contribution in [-0.2, 0) is 0 Å². The predicted molar refractivity (Wildman–Crippen MR) is 52.2 cm³/mol. The fraction of sp³-hybridized carbons (Fsp3) is 0. The average Bonchev–Trinajstić information content (AvgIpc) is 2.17. The summed E-state index contributed by atoms with van der Waals surface area (Å²) < 4.78 is 0. The SMILES string of the molecule is O=c1cc[nH]c2cc(B(O)O)ncc12. The van der Waals surface area contributed by atoms with Crippen LogP contribution in [0, 0.1) is 0 Å². The van der Waals surface area contributed by atoms with Crippen LogP contribution >= 0.6 is 0 Å². The lowest BCUT2D eigenvalue weighted by Crippen LogP contribution is -2.32. The van der Waals surface area contributed by atoms with E-state index in [1.807, 2.05) is 0 Å². The summed E-state index contributed by atoms with van der Waals surface area (Å²) in [6.07, 6.45) is 2.82. The number of pyridine rings is 2. The van der Waals surface area contributed by atoms with Crippen LogP contribution < -0.4 is 11.0 Å². The van der Waals surface area contributed by atoms with Gasteiger partial charge in [-0.25, -0.2) is 0 Å². The van der Waals surface area contributed by atoms with Gasteiger partial charge in [0.25, 0.3) is 0 Å². The van der Waals surface area contributed by atoms with Crippen molar-refractivity contribution in [2.45, 2.75) is 0 Å². The maximum Gasteiger partial charge on any atom is 0.508 e. The zero-order valence-corrected chi connectivity index (χ0v) is 7.14. The molecule has 0 fully saturated rings. The zero-order valence-electron chi connectivity index (χ0n) is 7.14. The summed E-state index contributed by atoms with van der Waals surface area (Å²) in [6, 6.07) is 2.82. The van der Waals surface area contributed by atoms with Crippen molar-refractivity contribution in [3.05, 3.63) is 34.7 Å². The lowest BCUT2D eigenvalue weighted by atomic mass is 9.85. The topological polar surface area (TPSA) is 86.2 Å². The minimum atomic E-state index is -1.62. The summed E-state index contributed by atoms with van der Waals surface area (Å²) in [5.74, 6) is 0. The number of hydrogen-bond acceptors (Lipinski definition) is 4. The van der Waals surface area contributed by atoms with Crippen LogP contribution in [-0.4, -0.2) is 27.1 Å². The van der Waals surface area contributed by atoms with Crippen molar-refractivity contribution in [2.24, 2.45) is 0 Å². The Labute approximate surface area is 79.2 Å². The van der Waals surface area contributed by atoms with E-state index in [0.29, 0.717) is 10.9 Å². The summed E-state index contributed by atoms with van der Waals surface area (Å²) in [6.45, 7) is 0. The number of nitrogens with one attached hydrogen (secondary N) is 1. The quantitative estimate of drug-likeness (QED) is 0.483. The van der Waals surface area contributed by atoms with E-state index in [2.05, 4.69) is 9.97 Å². The molecule has 0 saturated heterocycles. The number of nitrogens with zero attached hydrogens (tertiary/aromatic N) is 1. The molecule has 2 heterocycles. The largest absolute Gasteiger partial charge is 0.508 e. The molecular weight excluding hydrogens is 183 g/mol. The van der Waals surface area contributed by atoms with Gasteiger partial charge in [-0.15, -0.1) is 0 Å². The van der Waals surface area contributed by atoms with Gasteiger partial charge in [-0.3, -0.25) is 9.78 Å². The summed E-state index contributed by atoms with van der Waals surface area (Å²) in [4.78, 5) is 17.8. The summed E-state index contributed by atoms with van der Waals surface area (Å²) in [5, 5.41) is 18.1. The Balaban J connectivity index is 2.74. The molecule has 2 aromatic rings. The molecule has 0 saturated carbocycles. The maximum absolute atomic E-state index is 11.3. The Morgan fingerprint density at radius 2 is 2.21 bits per heavy atom. The number of H-pyrrole nitrogens is 1. The van der Waals surface area contributed by atoms with Gasteiger partial charge in [0.1, 0.15) is 0 Å². The molecule has 70 valence electrons. The molecule has 0 radical (unpaired) electrons. The average molecular weight is 190 g/mol. The van der Waals surface area contributed by atoms with E-state index in [1.165, 1.54) is 24.5 Å². The number of aromatic amines is 1. The highest BCUT2D eigenvalue weighted by molar-refractivity contribution is 6.57. The molecule has 0 aliphatic carbocycles. The van der Waals surface area contributed by atoms with Crippen molar-refractivity contribution in [1.29, 1.82) is 0 Å². The van der Waals surface area contributed by atoms with E-state index in [0.717, 1.165) is 0 Å². The second-order valence-corrected chi connectivity index (χ2v) is 2.87. The number of hydrogen-bond donors (Lipinski definition) is 3. The van der Waals surface area contributed by atoms with Crippen LogP contribution in [0.25, 0.3) is 10.9 Å². The molecule has 5 nitrogen and oxygen atoms in total. The van der Waals surface area contributed by atoms with Gasteiger partial charge in [0.15, 0.2) is 5.43 Å². The Kier molecular flexibility index (Phi) is 2.07. The molecule has 0 aromatic carbocycles. The van der Waals surface area contributed by atoms with Crippen LogP contribution in [0.2, 0.25) is 0 Å². The number of aromatic nitrogens is 2. The van der Waals surface area contributed by atoms with Crippen LogP contribution in [0.1, 0.15) is 0 Å². The van der Waals surface area contributed by atoms with Gasteiger partial charge < -0.3 is 15.0 Å². The van der Waals surface area contributed by atoms with Crippen LogP contribution in [0.3, 0.4) is 0 Å². The standard InChI is InChI=1S/C8H7BN2O3/c12-7-1-2-10-6-3-8(9(13)14)11-4-5(6)7/h1-4,13-14H,(H,10,12). The first-order valence-electron chi connectivity index (χ1n) is 4.02. The lowest BCUT2D eigenvalue weighted by Gasteiger charge is -2.00. The minimum Gasteiger partial charge on any atom is -0.422 e. The maximum atomic E-state index is 11.3.